The van der Waals surface area contributed by atoms with E-state index in [4.69, 9.17) is 17.0 Å². The summed E-state index contributed by atoms with van der Waals surface area (Å²) in [5, 5.41) is 18.1. The van der Waals surface area contributed by atoms with E-state index < -0.39 is 17.9 Å². The number of rotatable bonds is 10. The minimum absolute atomic E-state index is 0.00688. The lowest BCUT2D eigenvalue weighted by atomic mass is 9.98. The number of ether oxygens (including phenoxy) is 1. The molecule has 1 aliphatic heterocycles. The van der Waals surface area contributed by atoms with Crippen molar-refractivity contribution in [2.75, 3.05) is 23.9 Å². The molecule has 2 amide bonds. The van der Waals surface area contributed by atoms with Gasteiger partial charge in [0.2, 0.25) is 5.91 Å². The van der Waals surface area contributed by atoms with E-state index in [1.54, 1.807) is 18.2 Å². The van der Waals surface area contributed by atoms with Gasteiger partial charge in [-0.15, -0.1) is 0 Å². The van der Waals surface area contributed by atoms with Crippen LogP contribution in [-0.4, -0.2) is 58.8 Å². The van der Waals surface area contributed by atoms with E-state index in [1.807, 2.05) is 36.6 Å². The lowest BCUT2D eigenvalue weighted by Crippen LogP contribution is -2.41. The molecule has 0 spiro atoms. The summed E-state index contributed by atoms with van der Waals surface area (Å²) in [6.07, 6.45) is 3.41. The summed E-state index contributed by atoms with van der Waals surface area (Å²) in [4.78, 5) is 36.0. The van der Waals surface area contributed by atoms with Gasteiger partial charge in [0.25, 0.3) is 11.1 Å². The lowest BCUT2D eigenvalue weighted by Gasteiger charge is -2.18. The molecule has 8 nitrogen and oxygen atoms in total. The highest BCUT2D eigenvalue weighted by atomic mass is 32.2. The van der Waals surface area contributed by atoms with Crippen LogP contribution in [0, 0.1) is 0 Å². The number of carboxylic acids is 1. The number of carbonyl (C=O) groups is 3. The highest BCUT2D eigenvalue weighted by Gasteiger charge is 2.23. The second-order valence-corrected chi connectivity index (χ2v) is 9.16. The molecule has 0 aromatic heterocycles. The van der Waals surface area contributed by atoms with E-state index in [-0.39, 0.29) is 23.7 Å². The fourth-order valence-corrected chi connectivity index (χ4v) is 4.20. The Bertz CT molecular complexity index is 1050. The van der Waals surface area contributed by atoms with Gasteiger partial charge in [0.1, 0.15) is 12.6 Å². The van der Waals surface area contributed by atoms with Gasteiger partial charge in [0.05, 0.1) is 6.04 Å². The third-order valence-electron chi connectivity index (χ3n) is 5.31. The number of carboxylic acid groups (broad SMARTS) is 1. The van der Waals surface area contributed by atoms with Crippen LogP contribution >= 0.6 is 24.0 Å². The van der Waals surface area contributed by atoms with Gasteiger partial charge >= 0.3 is 5.97 Å². The molecule has 1 heterocycles. The van der Waals surface area contributed by atoms with Gasteiger partial charge in [-0.05, 0) is 66.4 Å². The Labute approximate surface area is 207 Å². The summed E-state index contributed by atoms with van der Waals surface area (Å²) < 4.78 is 5.58. The van der Waals surface area contributed by atoms with Crippen molar-refractivity contribution in [3.05, 3.63) is 54.1 Å². The number of aliphatic carboxylic acids is 1. The van der Waals surface area contributed by atoms with Crippen LogP contribution in [0.15, 0.2) is 48.5 Å². The molecule has 10 heteroatoms. The third-order valence-corrected chi connectivity index (χ3v) is 6.17. The SMILES string of the molecule is CSCCC(NC(=O)c1ccc(NC(=S)OCC2CCC(=O)N2)cc1-c1ccccc1)C(=O)O. The number of carbonyl (C=O) groups excluding carboxylic acids is 2. The minimum Gasteiger partial charge on any atom is -0.480 e. The van der Waals surface area contributed by atoms with E-state index in [1.165, 1.54) is 11.8 Å². The molecule has 1 fully saturated rings. The number of hydrogen-bond acceptors (Lipinski definition) is 6. The largest absolute Gasteiger partial charge is 0.480 e. The maximum Gasteiger partial charge on any atom is 0.326 e. The molecule has 3 rings (SSSR count). The van der Waals surface area contributed by atoms with Gasteiger partial charge in [-0.25, -0.2) is 4.79 Å². The van der Waals surface area contributed by atoms with Crippen LogP contribution in [0.25, 0.3) is 11.1 Å². The zero-order chi connectivity index (χ0) is 24.5. The summed E-state index contributed by atoms with van der Waals surface area (Å²) in [5.41, 5.74) is 2.40. The summed E-state index contributed by atoms with van der Waals surface area (Å²) in [5.74, 6) is -0.904. The van der Waals surface area contributed by atoms with E-state index in [2.05, 4.69) is 16.0 Å². The first kappa shape index (κ1) is 25.5. The van der Waals surface area contributed by atoms with Crippen molar-refractivity contribution in [1.29, 1.82) is 0 Å². The number of thiocarbonyl (C=S) groups is 1. The fraction of sp³-hybridized carbons (Fsp3) is 0.333. The van der Waals surface area contributed by atoms with Crippen LogP contribution in [0.5, 0.6) is 0 Å². The Balaban J connectivity index is 1.76. The van der Waals surface area contributed by atoms with Crippen LogP contribution in [-0.2, 0) is 14.3 Å². The first-order valence-electron chi connectivity index (χ1n) is 10.8. The van der Waals surface area contributed by atoms with Gasteiger partial charge in [-0.1, -0.05) is 30.3 Å². The number of anilines is 1. The number of amides is 2. The van der Waals surface area contributed by atoms with Crippen molar-refractivity contribution in [1.82, 2.24) is 10.6 Å². The number of hydrogen-bond donors (Lipinski definition) is 4. The molecule has 0 radical (unpaired) electrons. The van der Waals surface area contributed by atoms with Crippen LogP contribution in [0.1, 0.15) is 29.6 Å². The predicted molar refractivity (Wildman–Crippen MR) is 137 cm³/mol. The highest BCUT2D eigenvalue weighted by molar-refractivity contribution is 7.98. The summed E-state index contributed by atoms with van der Waals surface area (Å²) in [6, 6.07) is 13.4. The molecule has 0 aliphatic carbocycles. The van der Waals surface area contributed by atoms with Crippen LogP contribution in [0.3, 0.4) is 0 Å². The number of thioether (sulfide) groups is 1. The Morgan fingerprint density at radius 2 is 2.03 bits per heavy atom. The highest BCUT2D eigenvalue weighted by Crippen LogP contribution is 2.27. The Morgan fingerprint density at radius 3 is 2.68 bits per heavy atom. The van der Waals surface area contributed by atoms with Crippen molar-refractivity contribution >= 4 is 52.6 Å². The van der Waals surface area contributed by atoms with E-state index in [0.717, 1.165) is 5.56 Å². The van der Waals surface area contributed by atoms with E-state index >= 15 is 0 Å². The maximum absolute atomic E-state index is 13.0. The fourth-order valence-electron chi connectivity index (χ4n) is 3.54. The molecule has 34 heavy (non-hydrogen) atoms. The van der Waals surface area contributed by atoms with Crippen molar-refractivity contribution in [3.8, 4) is 11.1 Å². The molecule has 180 valence electrons. The molecule has 1 aliphatic rings. The van der Waals surface area contributed by atoms with Crippen molar-refractivity contribution < 1.29 is 24.2 Å². The van der Waals surface area contributed by atoms with Crippen molar-refractivity contribution in [3.63, 3.8) is 0 Å². The number of benzene rings is 2. The molecular formula is C24H27N3O5S2. The van der Waals surface area contributed by atoms with Crippen molar-refractivity contribution in [2.24, 2.45) is 0 Å². The first-order valence-corrected chi connectivity index (χ1v) is 12.6. The maximum atomic E-state index is 13.0. The van der Waals surface area contributed by atoms with Gasteiger partial charge in [0.15, 0.2) is 0 Å². The average Bonchev–Trinajstić information content (AvgIpc) is 3.25. The summed E-state index contributed by atoms with van der Waals surface area (Å²) in [7, 11) is 0. The van der Waals surface area contributed by atoms with Crippen molar-refractivity contribution in [2.45, 2.75) is 31.3 Å². The monoisotopic (exact) mass is 501 g/mol. The first-order chi connectivity index (χ1) is 16.4. The number of nitrogens with one attached hydrogen (secondary N) is 3. The van der Waals surface area contributed by atoms with Crippen LogP contribution in [0.2, 0.25) is 0 Å². The molecule has 0 bridgehead atoms. The topological polar surface area (TPSA) is 117 Å². The molecule has 2 aromatic carbocycles. The zero-order valence-electron chi connectivity index (χ0n) is 18.7. The Kier molecular flexibility index (Phi) is 9.29. The molecular weight excluding hydrogens is 474 g/mol. The van der Waals surface area contributed by atoms with Crippen LogP contribution in [0.4, 0.5) is 5.69 Å². The molecule has 4 N–H and O–H groups in total. The average molecular weight is 502 g/mol. The normalized spacial score (nSPS) is 15.8. The van der Waals surface area contributed by atoms with Gasteiger partial charge in [0, 0.05) is 17.7 Å². The Morgan fingerprint density at radius 1 is 1.26 bits per heavy atom. The predicted octanol–water partition coefficient (Wildman–Crippen LogP) is 3.28. The zero-order valence-corrected chi connectivity index (χ0v) is 20.3. The standard InChI is InChI=1S/C24H27N3O5S2/c1-34-12-11-20(23(30)31)27-22(29)18-9-7-16(13-19(18)15-5-3-2-4-6-15)26-24(33)32-14-17-8-10-21(28)25-17/h2-7,9,13,17,20H,8,10-12,14H2,1H3,(H,25,28)(H,26,33)(H,27,29)(H,30,31). The van der Waals surface area contributed by atoms with Gasteiger partial charge in [-0.3, -0.25) is 9.59 Å². The van der Waals surface area contributed by atoms with Crippen LogP contribution < -0.4 is 16.0 Å². The molecule has 2 atom stereocenters. The second-order valence-electron chi connectivity index (χ2n) is 7.80. The molecule has 2 unspecified atom stereocenters. The molecule has 0 saturated carbocycles. The van der Waals surface area contributed by atoms with E-state index in [9.17, 15) is 19.5 Å². The second kappa shape index (κ2) is 12.4. The quantitative estimate of drug-likeness (QED) is 0.367. The molecule has 2 aromatic rings. The molecule has 1 saturated heterocycles. The third kappa shape index (κ3) is 7.19. The van der Waals surface area contributed by atoms with E-state index in [0.29, 0.717) is 41.8 Å². The minimum atomic E-state index is -1.07. The van der Waals surface area contributed by atoms with Gasteiger partial charge in [-0.2, -0.15) is 11.8 Å². The summed E-state index contributed by atoms with van der Waals surface area (Å²) >= 11 is 6.80. The smallest absolute Gasteiger partial charge is 0.326 e. The van der Waals surface area contributed by atoms with Gasteiger partial charge < -0.3 is 25.8 Å². The summed E-state index contributed by atoms with van der Waals surface area (Å²) in [6.45, 7) is 0.274. The Hall–Kier alpha value is -3.11. The lowest BCUT2D eigenvalue weighted by molar-refractivity contribution is -0.139.